The quantitative estimate of drug-likeness (QED) is 0.802. The minimum atomic E-state index is 0.519. The summed E-state index contributed by atoms with van der Waals surface area (Å²) >= 11 is 0. The van der Waals surface area contributed by atoms with Crippen LogP contribution in [0.3, 0.4) is 0 Å². The van der Waals surface area contributed by atoms with E-state index in [-0.39, 0.29) is 0 Å². The molecule has 102 valence electrons. The standard InChI is InChI=1S/C14H25N3O/c1-4-18-13-8-11(9-13)7-12(15-2)10-14-16-5-6-17(14)3/h5-6,11-13,15H,4,7-10H2,1-3H3. The van der Waals surface area contributed by atoms with Crippen LogP contribution in [0.2, 0.25) is 0 Å². The number of rotatable bonds is 7. The zero-order valence-corrected chi connectivity index (χ0v) is 11.7. The van der Waals surface area contributed by atoms with Crippen molar-refractivity contribution in [2.24, 2.45) is 13.0 Å². The molecule has 1 heterocycles. The van der Waals surface area contributed by atoms with Gasteiger partial charge in [0.2, 0.25) is 0 Å². The Morgan fingerprint density at radius 1 is 1.56 bits per heavy atom. The summed E-state index contributed by atoms with van der Waals surface area (Å²) in [5.74, 6) is 1.98. The van der Waals surface area contributed by atoms with Gasteiger partial charge in [0.15, 0.2) is 0 Å². The molecule has 1 saturated carbocycles. The van der Waals surface area contributed by atoms with Gasteiger partial charge in [-0.05, 0) is 39.2 Å². The van der Waals surface area contributed by atoms with Crippen LogP contribution in [0.1, 0.15) is 32.0 Å². The largest absolute Gasteiger partial charge is 0.378 e. The van der Waals surface area contributed by atoms with E-state index in [1.54, 1.807) is 0 Å². The number of ether oxygens (including phenoxy) is 1. The van der Waals surface area contributed by atoms with Gasteiger partial charge < -0.3 is 14.6 Å². The molecule has 0 radical (unpaired) electrons. The molecule has 0 saturated heterocycles. The topological polar surface area (TPSA) is 39.1 Å². The highest BCUT2D eigenvalue weighted by Gasteiger charge is 2.31. The molecule has 0 amide bonds. The molecule has 18 heavy (non-hydrogen) atoms. The molecule has 0 spiro atoms. The molecule has 0 aromatic carbocycles. The van der Waals surface area contributed by atoms with Crippen molar-refractivity contribution >= 4 is 0 Å². The smallest absolute Gasteiger partial charge is 0.109 e. The van der Waals surface area contributed by atoms with Gasteiger partial charge in [-0.3, -0.25) is 0 Å². The zero-order chi connectivity index (χ0) is 13.0. The summed E-state index contributed by atoms with van der Waals surface area (Å²) < 4.78 is 7.72. The van der Waals surface area contributed by atoms with Crippen molar-refractivity contribution in [3.8, 4) is 0 Å². The van der Waals surface area contributed by atoms with Crippen LogP contribution in [0.5, 0.6) is 0 Å². The lowest BCUT2D eigenvalue weighted by atomic mass is 9.77. The van der Waals surface area contributed by atoms with Crippen molar-refractivity contribution < 1.29 is 4.74 Å². The highest BCUT2D eigenvalue weighted by atomic mass is 16.5. The Hall–Kier alpha value is -0.870. The van der Waals surface area contributed by atoms with Crippen LogP contribution in [-0.2, 0) is 18.2 Å². The number of hydrogen-bond donors (Lipinski definition) is 1. The molecule has 1 fully saturated rings. The fraction of sp³-hybridized carbons (Fsp3) is 0.786. The third kappa shape index (κ3) is 3.33. The summed E-state index contributed by atoms with van der Waals surface area (Å²) in [7, 11) is 4.11. The lowest BCUT2D eigenvalue weighted by Gasteiger charge is -2.37. The maximum atomic E-state index is 5.61. The summed E-state index contributed by atoms with van der Waals surface area (Å²) in [5.41, 5.74) is 0. The molecule has 1 aromatic rings. The van der Waals surface area contributed by atoms with Gasteiger partial charge in [-0.15, -0.1) is 0 Å². The molecule has 0 bridgehead atoms. The summed E-state index contributed by atoms with van der Waals surface area (Å²) in [6, 6.07) is 0.527. The fourth-order valence-electron chi connectivity index (χ4n) is 2.76. The van der Waals surface area contributed by atoms with Gasteiger partial charge in [-0.1, -0.05) is 0 Å². The molecule has 1 aromatic heterocycles. The van der Waals surface area contributed by atoms with Crippen LogP contribution < -0.4 is 5.32 Å². The monoisotopic (exact) mass is 251 g/mol. The van der Waals surface area contributed by atoms with Crippen LogP contribution in [-0.4, -0.2) is 35.4 Å². The molecule has 1 aliphatic rings. The SMILES string of the molecule is CCOC1CC(CC(Cc2nccn2C)NC)C1. The predicted octanol–water partition coefficient (Wildman–Crippen LogP) is 1.76. The molecule has 4 nitrogen and oxygen atoms in total. The van der Waals surface area contributed by atoms with Crippen molar-refractivity contribution in [3.05, 3.63) is 18.2 Å². The molecule has 1 atom stereocenters. The number of likely N-dealkylation sites (N-methyl/N-ethyl adjacent to an activating group) is 1. The average molecular weight is 251 g/mol. The van der Waals surface area contributed by atoms with E-state index in [4.69, 9.17) is 4.74 Å². The van der Waals surface area contributed by atoms with Gasteiger partial charge in [-0.25, -0.2) is 4.98 Å². The van der Waals surface area contributed by atoms with E-state index in [9.17, 15) is 0 Å². The van der Waals surface area contributed by atoms with Crippen LogP contribution in [0.15, 0.2) is 12.4 Å². The van der Waals surface area contributed by atoms with Gasteiger partial charge in [-0.2, -0.15) is 0 Å². The predicted molar refractivity (Wildman–Crippen MR) is 72.5 cm³/mol. The first-order valence-electron chi connectivity index (χ1n) is 6.98. The van der Waals surface area contributed by atoms with E-state index in [1.807, 2.05) is 19.4 Å². The summed E-state index contributed by atoms with van der Waals surface area (Å²) in [5, 5.41) is 3.42. The number of nitrogens with one attached hydrogen (secondary N) is 1. The second-order valence-electron chi connectivity index (χ2n) is 5.29. The van der Waals surface area contributed by atoms with Crippen molar-refractivity contribution in [3.63, 3.8) is 0 Å². The van der Waals surface area contributed by atoms with E-state index >= 15 is 0 Å². The number of aryl methyl sites for hydroxylation is 1. The number of hydrogen-bond acceptors (Lipinski definition) is 3. The normalized spacial score (nSPS) is 24.8. The van der Waals surface area contributed by atoms with Crippen molar-refractivity contribution in [2.45, 2.75) is 44.8 Å². The maximum Gasteiger partial charge on any atom is 0.109 e. The molecular weight excluding hydrogens is 226 g/mol. The van der Waals surface area contributed by atoms with Gasteiger partial charge in [0.05, 0.1) is 6.10 Å². The summed E-state index contributed by atoms with van der Waals surface area (Å²) in [6.45, 7) is 2.92. The van der Waals surface area contributed by atoms with Gasteiger partial charge in [0.1, 0.15) is 5.82 Å². The molecule has 0 aliphatic heterocycles. The molecular formula is C14H25N3O. The summed E-state index contributed by atoms with van der Waals surface area (Å²) in [4.78, 5) is 4.40. The Kier molecular flexibility index (Phi) is 4.78. The van der Waals surface area contributed by atoms with E-state index in [0.717, 1.165) is 24.8 Å². The molecule has 4 heteroatoms. The van der Waals surface area contributed by atoms with Crippen molar-refractivity contribution in [2.75, 3.05) is 13.7 Å². The minimum absolute atomic E-state index is 0.519. The first kappa shape index (κ1) is 13.6. The van der Waals surface area contributed by atoms with Crippen molar-refractivity contribution in [1.29, 1.82) is 0 Å². The molecule has 1 aliphatic carbocycles. The second-order valence-corrected chi connectivity index (χ2v) is 5.29. The minimum Gasteiger partial charge on any atom is -0.378 e. The highest BCUT2D eigenvalue weighted by Crippen LogP contribution is 2.33. The number of imidazole rings is 1. The van der Waals surface area contributed by atoms with Gasteiger partial charge >= 0.3 is 0 Å². The van der Waals surface area contributed by atoms with Crippen LogP contribution in [0.4, 0.5) is 0 Å². The lowest BCUT2D eigenvalue weighted by Crippen LogP contribution is -2.38. The first-order valence-corrected chi connectivity index (χ1v) is 6.98. The zero-order valence-electron chi connectivity index (χ0n) is 11.7. The fourth-order valence-corrected chi connectivity index (χ4v) is 2.76. The number of nitrogens with zero attached hydrogens (tertiary/aromatic N) is 2. The lowest BCUT2D eigenvalue weighted by molar-refractivity contribution is -0.0289. The highest BCUT2D eigenvalue weighted by molar-refractivity contribution is 4.95. The van der Waals surface area contributed by atoms with E-state index in [1.165, 1.54) is 19.3 Å². The third-order valence-corrected chi connectivity index (χ3v) is 3.97. The second kappa shape index (κ2) is 6.34. The Labute approximate surface area is 110 Å². The number of aromatic nitrogens is 2. The molecule has 2 rings (SSSR count). The van der Waals surface area contributed by atoms with Crippen molar-refractivity contribution in [1.82, 2.24) is 14.9 Å². The Balaban J connectivity index is 1.75. The third-order valence-electron chi connectivity index (χ3n) is 3.97. The van der Waals surface area contributed by atoms with Gasteiger partial charge in [0.25, 0.3) is 0 Å². The van der Waals surface area contributed by atoms with Gasteiger partial charge in [0, 0.05) is 38.5 Å². The molecule has 1 N–H and O–H groups in total. The van der Waals surface area contributed by atoms with E-state index in [2.05, 4.69) is 28.8 Å². The first-order chi connectivity index (χ1) is 8.72. The van der Waals surface area contributed by atoms with Crippen LogP contribution >= 0.6 is 0 Å². The molecule has 1 unspecified atom stereocenters. The van der Waals surface area contributed by atoms with Crippen LogP contribution in [0.25, 0.3) is 0 Å². The van der Waals surface area contributed by atoms with E-state index < -0.39 is 0 Å². The Morgan fingerprint density at radius 2 is 2.33 bits per heavy atom. The Morgan fingerprint density at radius 3 is 2.89 bits per heavy atom. The average Bonchev–Trinajstić information content (AvgIpc) is 2.71. The Bertz CT molecular complexity index is 358. The summed E-state index contributed by atoms with van der Waals surface area (Å²) in [6.07, 6.45) is 9.10. The maximum absolute atomic E-state index is 5.61. The van der Waals surface area contributed by atoms with Crippen LogP contribution in [0, 0.1) is 5.92 Å². The van der Waals surface area contributed by atoms with E-state index in [0.29, 0.717) is 12.1 Å².